The molecule has 1 saturated heterocycles. The van der Waals surface area contributed by atoms with Gasteiger partial charge >= 0.3 is 12.2 Å². The number of nitrogens with zero attached hydrogens (tertiary/aromatic N) is 1. The van der Waals surface area contributed by atoms with Crippen molar-refractivity contribution in [2.75, 3.05) is 13.1 Å². The van der Waals surface area contributed by atoms with E-state index in [-0.39, 0.29) is 32.5 Å². The molecule has 2 amide bonds. The van der Waals surface area contributed by atoms with Crippen LogP contribution >= 0.6 is 0 Å². The zero-order valence-electron chi connectivity index (χ0n) is 15.8. The fourth-order valence-corrected chi connectivity index (χ4v) is 2.76. The summed E-state index contributed by atoms with van der Waals surface area (Å²) in [4.78, 5) is 37.2. The molecule has 0 radical (unpaired) electrons. The van der Waals surface area contributed by atoms with Crippen LogP contribution in [0.3, 0.4) is 0 Å². The number of hydrogen-bond acceptors (Lipinski definition) is 6. The molecule has 0 aliphatic carbocycles. The predicted octanol–water partition coefficient (Wildman–Crippen LogP) is 1.43. The number of aliphatic carboxylic acids is 1. The molecule has 1 N–H and O–H groups in total. The summed E-state index contributed by atoms with van der Waals surface area (Å²) in [5.74, 6) is -1.40. The van der Waals surface area contributed by atoms with Crippen LogP contribution in [0.15, 0.2) is 30.3 Å². The summed E-state index contributed by atoms with van der Waals surface area (Å²) in [6.07, 6.45) is -1.33. The highest BCUT2D eigenvalue weighted by atomic mass is 16.6. The van der Waals surface area contributed by atoms with Crippen molar-refractivity contribution in [3.8, 4) is 0 Å². The molecule has 0 spiro atoms. The Labute approximate surface area is 158 Å². The van der Waals surface area contributed by atoms with Crippen LogP contribution in [0.2, 0.25) is 0 Å². The lowest BCUT2D eigenvalue weighted by Gasteiger charge is -2.42. The van der Waals surface area contributed by atoms with Crippen LogP contribution in [-0.4, -0.2) is 47.3 Å². The fourth-order valence-electron chi connectivity index (χ4n) is 2.76. The number of amides is 2. The number of carbonyl (C=O) groups excluding carboxylic acids is 3. The van der Waals surface area contributed by atoms with Crippen LogP contribution in [0.4, 0.5) is 9.59 Å². The minimum absolute atomic E-state index is 0.00894. The van der Waals surface area contributed by atoms with Gasteiger partial charge in [0.2, 0.25) is 0 Å². The summed E-state index contributed by atoms with van der Waals surface area (Å²) in [6.45, 7) is 5.43. The number of likely N-dealkylation sites (tertiary alicyclic amines) is 1. The van der Waals surface area contributed by atoms with Crippen molar-refractivity contribution in [3.05, 3.63) is 35.9 Å². The molecule has 27 heavy (non-hydrogen) atoms. The van der Waals surface area contributed by atoms with E-state index in [4.69, 9.17) is 9.47 Å². The second kappa shape index (κ2) is 8.28. The molecule has 0 aromatic heterocycles. The van der Waals surface area contributed by atoms with E-state index < -0.39 is 29.3 Å². The summed E-state index contributed by atoms with van der Waals surface area (Å²) < 4.78 is 10.4. The lowest BCUT2D eigenvalue weighted by Crippen LogP contribution is -2.65. The molecule has 1 aliphatic rings. The Morgan fingerprint density at radius 3 is 2.26 bits per heavy atom. The number of carboxylic acid groups (broad SMARTS) is 1. The average Bonchev–Trinajstić information content (AvgIpc) is 2.59. The first-order valence-electron chi connectivity index (χ1n) is 8.79. The zero-order chi connectivity index (χ0) is 20.1. The maximum Gasteiger partial charge on any atom is 0.410 e. The molecule has 1 fully saturated rings. The molecule has 0 saturated carbocycles. The van der Waals surface area contributed by atoms with Crippen molar-refractivity contribution in [2.24, 2.45) is 0 Å². The van der Waals surface area contributed by atoms with Crippen molar-refractivity contribution in [3.63, 3.8) is 0 Å². The largest absolute Gasteiger partial charge is 0.548 e. The zero-order valence-corrected chi connectivity index (χ0v) is 15.8. The van der Waals surface area contributed by atoms with E-state index in [2.05, 4.69) is 5.32 Å². The van der Waals surface area contributed by atoms with Crippen molar-refractivity contribution in [2.45, 2.75) is 51.4 Å². The standard InChI is InChI=1S/C19H26N2O6/c1-18(2,3)27-16(24)20-19(15(22)23)9-11-21(12-10-19)17(25)26-13-14-7-5-4-6-8-14/h4-8H,9-13H2,1-3H3,(H,20,24)(H,22,23)/p-1. The third-order valence-corrected chi connectivity index (χ3v) is 4.21. The molecule has 1 aromatic rings. The molecule has 0 atom stereocenters. The Morgan fingerprint density at radius 1 is 1.15 bits per heavy atom. The SMILES string of the molecule is CC(C)(C)OC(=O)NC1(C(=O)[O-])CCN(C(=O)OCc2ccccc2)CC1. The number of piperidine rings is 1. The molecule has 2 rings (SSSR count). The first kappa shape index (κ1) is 20.5. The van der Waals surface area contributed by atoms with E-state index in [9.17, 15) is 19.5 Å². The van der Waals surface area contributed by atoms with E-state index in [0.717, 1.165) is 5.56 Å². The minimum Gasteiger partial charge on any atom is -0.548 e. The quantitative estimate of drug-likeness (QED) is 0.850. The third kappa shape index (κ3) is 5.87. The first-order valence-corrected chi connectivity index (χ1v) is 8.79. The van der Waals surface area contributed by atoms with Crippen LogP contribution in [0.25, 0.3) is 0 Å². The van der Waals surface area contributed by atoms with Crippen LogP contribution < -0.4 is 10.4 Å². The Kier molecular flexibility index (Phi) is 6.30. The highest BCUT2D eigenvalue weighted by Gasteiger charge is 2.40. The normalized spacial score (nSPS) is 16.3. The van der Waals surface area contributed by atoms with Crippen LogP contribution in [0.5, 0.6) is 0 Å². The fraction of sp³-hybridized carbons (Fsp3) is 0.526. The van der Waals surface area contributed by atoms with Gasteiger partial charge in [-0.1, -0.05) is 30.3 Å². The number of ether oxygens (including phenoxy) is 2. The molecule has 0 bridgehead atoms. The predicted molar refractivity (Wildman–Crippen MR) is 94.5 cm³/mol. The van der Waals surface area contributed by atoms with E-state index in [1.165, 1.54) is 4.90 Å². The number of hydrogen-bond donors (Lipinski definition) is 1. The van der Waals surface area contributed by atoms with E-state index in [1.54, 1.807) is 20.8 Å². The highest BCUT2D eigenvalue weighted by Crippen LogP contribution is 2.23. The number of carboxylic acids is 1. The van der Waals surface area contributed by atoms with Gasteiger partial charge in [0.25, 0.3) is 0 Å². The van der Waals surface area contributed by atoms with E-state index >= 15 is 0 Å². The molecular formula is C19H25N2O6-. The lowest BCUT2D eigenvalue weighted by molar-refractivity contribution is -0.315. The van der Waals surface area contributed by atoms with Gasteiger partial charge in [-0.05, 0) is 39.2 Å². The first-order chi connectivity index (χ1) is 12.6. The topological polar surface area (TPSA) is 108 Å². The van der Waals surface area contributed by atoms with Gasteiger partial charge < -0.3 is 29.6 Å². The highest BCUT2D eigenvalue weighted by molar-refractivity contribution is 5.83. The number of rotatable bonds is 4. The summed E-state index contributed by atoms with van der Waals surface area (Å²) >= 11 is 0. The van der Waals surface area contributed by atoms with Gasteiger partial charge in [0.05, 0.1) is 11.5 Å². The Hall–Kier alpha value is -2.77. The van der Waals surface area contributed by atoms with Gasteiger partial charge in [0.1, 0.15) is 12.2 Å². The maximum atomic E-state index is 12.2. The molecule has 8 heteroatoms. The minimum atomic E-state index is -1.57. The smallest absolute Gasteiger partial charge is 0.410 e. The van der Waals surface area contributed by atoms with Gasteiger partial charge in [-0.25, -0.2) is 9.59 Å². The Bertz CT molecular complexity index is 675. The van der Waals surface area contributed by atoms with Crippen LogP contribution in [0.1, 0.15) is 39.2 Å². The summed E-state index contributed by atoms with van der Waals surface area (Å²) in [5.41, 5.74) is -1.46. The molecule has 8 nitrogen and oxygen atoms in total. The lowest BCUT2D eigenvalue weighted by atomic mass is 9.88. The molecule has 1 aliphatic heterocycles. The third-order valence-electron chi connectivity index (χ3n) is 4.21. The molecule has 1 heterocycles. The van der Waals surface area contributed by atoms with E-state index in [0.29, 0.717) is 0 Å². The van der Waals surface area contributed by atoms with Gasteiger partial charge in [-0.3, -0.25) is 0 Å². The number of nitrogens with one attached hydrogen (secondary N) is 1. The van der Waals surface area contributed by atoms with Gasteiger partial charge in [-0.2, -0.15) is 0 Å². The summed E-state index contributed by atoms with van der Waals surface area (Å²) in [7, 11) is 0. The second-order valence-corrected chi connectivity index (χ2v) is 7.52. The molecular weight excluding hydrogens is 352 g/mol. The maximum absolute atomic E-state index is 12.2. The number of benzene rings is 1. The summed E-state index contributed by atoms with van der Waals surface area (Å²) in [5, 5.41) is 14.1. The average molecular weight is 377 g/mol. The van der Waals surface area contributed by atoms with Crippen molar-refractivity contribution >= 4 is 18.2 Å². The van der Waals surface area contributed by atoms with Gasteiger partial charge in [0, 0.05) is 13.1 Å². The Morgan fingerprint density at radius 2 is 1.74 bits per heavy atom. The summed E-state index contributed by atoms with van der Waals surface area (Å²) in [6, 6.07) is 9.25. The number of alkyl carbamates (subject to hydrolysis) is 1. The van der Waals surface area contributed by atoms with Crippen molar-refractivity contribution in [1.29, 1.82) is 0 Å². The van der Waals surface area contributed by atoms with Crippen LogP contribution in [-0.2, 0) is 20.9 Å². The monoisotopic (exact) mass is 377 g/mol. The van der Waals surface area contributed by atoms with Crippen LogP contribution in [0, 0.1) is 0 Å². The van der Waals surface area contributed by atoms with Gasteiger partial charge in [0.15, 0.2) is 0 Å². The molecule has 0 unspecified atom stereocenters. The molecule has 1 aromatic carbocycles. The second-order valence-electron chi connectivity index (χ2n) is 7.52. The van der Waals surface area contributed by atoms with Crippen molar-refractivity contribution in [1.82, 2.24) is 10.2 Å². The Balaban J connectivity index is 1.90. The molecule has 148 valence electrons. The number of carbonyl (C=O) groups is 3. The van der Waals surface area contributed by atoms with E-state index in [1.807, 2.05) is 30.3 Å². The van der Waals surface area contributed by atoms with Crippen molar-refractivity contribution < 1.29 is 29.0 Å². The van der Waals surface area contributed by atoms with Gasteiger partial charge in [-0.15, -0.1) is 0 Å².